The van der Waals surface area contributed by atoms with Gasteiger partial charge in [-0.25, -0.2) is 0 Å². The van der Waals surface area contributed by atoms with E-state index in [1.54, 1.807) is 22.2 Å². The molecule has 2 aromatic rings. The summed E-state index contributed by atoms with van der Waals surface area (Å²) in [5, 5.41) is 10.6. The SMILES string of the molecule is CSc1ccc(N2C[C@@H](C(=O)Nc3nncs3)CC2=O)cc1. The van der Waals surface area contributed by atoms with E-state index < -0.39 is 0 Å². The summed E-state index contributed by atoms with van der Waals surface area (Å²) in [5.41, 5.74) is 2.38. The van der Waals surface area contributed by atoms with E-state index in [4.69, 9.17) is 0 Å². The first-order valence-corrected chi connectivity index (χ1v) is 8.79. The van der Waals surface area contributed by atoms with Crippen molar-refractivity contribution in [3.05, 3.63) is 29.8 Å². The van der Waals surface area contributed by atoms with Crippen molar-refractivity contribution in [1.82, 2.24) is 10.2 Å². The van der Waals surface area contributed by atoms with Crippen LogP contribution in [0.4, 0.5) is 10.8 Å². The molecule has 1 atom stereocenters. The van der Waals surface area contributed by atoms with Gasteiger partial charge in [0.15, 0.2) is 0 Å². The minimum Gasteiger partial charge on any atom is -0.312 e. The van der Waals surface area contributed by atoms with Gasteiger partial charge < -0.3 is 10.2 Å². The average Bonchev–Trinajstić information content (AvgIpc) is 3.17. The Morgan fingerprint density at radius 3 is 2.82 bits per heavy atom. The summed E-state index contributed by atoms with van der Waals surface area (Å²) in [5.74, 6) is -0.584. The second-order valence-electron chi connectivity index (χ2n) is 4.84. The molecule has 1 N–H and O–H groups in total. The van der Waals surface area contributed by atoms with Gasteiger partial charge in [-0.3, -0.25) is 9.59 Å². The lowest BCUT2D eigenvalue weighted by molar-refractivity contribution is -0.122. The van der Waals surface area contributed by atoms with Gasteiger partial charge in [0.25, 0.3) is 0 Å². The molecule has 8 heteroatoms. The lowest BCUT2D eigenvalue weighted by Crippen LogP contribution is -2.28. The summed E-state index contributed by atoms with van der Waals surface area (Å²) >= 11 is 2.91. The first-order valence-electron chi connectivity index (χ1n) is 6.69. The van der Waals surface area contributed by atoms with E-state index in [0.717, 1.165) is 10.6 Å². The van der Waals surface area contributed by atoms with Gasteiger partial charge in [0.2, 0.25) is 16.9 Å². The van der Waals surface area contributed by atoms with Crippen LogP contribution in [-0.2, 0) is 9.59 Å². The van der Waals surface area contributed by atoms with Gasteiger partial charge in [-0.1, -0.05) is 11.3 Å². The Kier molecular flexibility index (Phi) is 4.39. The predicted octanol–water partition coefficient (Wildman–Crippen LogP) is 2.25. The molecule has 114 valence electrons. The maximum absolute atomic E-state index is 12.2. The molecular formula is C14H14N4O2S2. The van der Waals surface area contributed by atoms with Crippen LogP contribution < -0.4 is 10.2 Å². The normalized spacial score (nSPS) is 17.8. The summed E-state index contributed by atoms with van der Waals surface area (Å²) in [6, 6.07) is 7.77. The summed E-state index contributed by atoms with van der Waals surface area (Å²) in [6.07, 6.45) is 2.22. The van der Waals surface area contributed by atoms with Gasteiger partial charge in [0.1, 0.15) is 5.51 Å². The van der Waals surface area contributed by atoms with Crippen molar-refractivity contribution >= 4 is 45.7 Å². The highest BCUT2D eigenvalue weighted by Crippen LogP contribution is 2.27. The van der Waals surface area contributed by atoms with E-state index in [2.05, 4.69) is 15.5 Å². The Hall–Kier alpha value is -1.93. The van der Waals surface area contributed by atoms with Crippen molar-refractivity contribution in [1.29, 1.82) is 0 Å². The molecule has 0 unspecified atom stereocenters. The van der Waals surface area contributed by atoms with E-state index in [-0.39, 0.29) is 24.2 Å². The highest BCUT2D eigenvalue weighted by molar-refractivity contribution is 7.98. The Morgan fingerprint density at radius 2 is 2.18 bits per heavy atom. The first kappa shape index (κ1) is 15.0. The number of anilines is 2. The zero-order valence-electron chi connectivity index (χ0n) is 11.9. The number of nitrogens with zero attached hydrogens (tertiary/aromatic N) is 3. The van der Waals surface area contributed by atoms with Gasteiger partial charge in [-0.05, 0) is 30.5 Å². The number of carbonyl (C=O) groups is 2. The zero-order valence-corrected chi connectivity index (χ0v) is 13.5. The summed E-state index contributed by atoms with van der Waals surface area (Å²) < 4.78 is 0. The molecule has 2 amide bonds. The third kappa shape index (κ3) is 3.12. The van der Waals surface area contributed by atoms with E-state index in [1.807, 2.05) is 30.5 Å². The van der Waals surface area contributed by atoms with Crippen LogP contribution in [0, 0.1) is 5.92 Å². The van der Waals surface area contributed by atoms with Gasteiger partial charge in [-0.15, -0.1) is 22.0 Å². The Balaban J connectivity index is 1.68. The lowest BCUT2D eigenvalue weighted by Gasteiger charge is -2.16. The fourth-order valence-corrected chi connectivity index (χ4v) is 3.19. The number of benzene rings is 1. The molecule has 1 aromatic heterocycles. The summed E-state index contributed by atoms with van der Waals surface area (Å²) in [7, 11) is 0. The van der Waals surface area contributed by atoms with Crippen LogP contribution in [0.25, 0.3) is 0 Å². The highest BCUT2D eigenvalue weighted by Gasteiger charge is 2.35. The number of aromatic nitrogens is 2. The van der Waals surface area contributed by atoms with E-state index in [1.165, 1.54) is 11.3 Å². The number of thioether (sulfide) groups is 1. The molecule has 6 nitrogen and oxygen atoms in total. The molecule has 0 bridgehead atoms. The number of hydrogen-bond donors (Lipinski definition) is 1. The topological polar surface area (TPSA) is 75.2 Å². The van der Waals surface area contributed by atoms with Crippen molar-refractivity contribution in [2.24, 2.45) is 5.92 Å². The standard InChI is InChI=1S/C14H14N4O2S2/c1-21-11-4-2-10(3-5-11)18-7-9(6-12(18)19)13(20)16-14-17-15-8-22-14/h2-5,8-9H,6-7H2,1H3,(H,16,17,20)/t9-/m0/s1. The van der Waals surface area contributed by atoms with Gasteiger partial charge in [-0.2, -0.15) is 0 Å². The molecule has 0 radical (unpaired) electrons. The van der Waals surface area contributed by atoms with Crippen molar-refractivity contribution in [3.63, 3.8) is 0 Å². The number of carbonyl (C=O) groups excluding carboxylic acids is 2. The summed E-state index contributed by atoms with van der Waals surface area (Å²) in [6.45, 7) is 0.391. The number of nitrogens with one attached hydrogen (secondary N) is 1. The third-order valence-corrected chi connectivity index (χ3v) is 4.82. The molecule has 3 rings (SSSR count). The van der Waals surface area contributed by atoms with Crippen LogP contribution in [0.2, 0.25) is 0 Å². The monoisotopic (exact) mass is 334 g/mol. The number of hydrogen-bond acceptors (Lipinski definition) is 6. The highest BCUT2D eigenvalue weighted by atomic mass is 32.2. The molecule has 0 spiro atoms. The minimum absolute atomic E-state index is 0.0330. The lowest BCUT2D eigenvalue weighted by atomic mass is 10.1. The number of rotatable bonds is 4. The van der Waals surface area contributed by atoms with Gasteiger partial charge >= 0.3 is 0 Å². The molecule has 22 heavy (non-hydrogen) atoms. The summed E-state index contributed by atoms with van der Waals surface area (Å²) in [4.78, 5) is 27.1. The fourth-order valence-electron chi connectivity index (χ4n) is 2.33. The van der Waals surface area contributed by atoms with Gasteiger partial charge in [0.05, 0.1) is 5.92 Å². The van der Waals surface area contributed by atoms with Crippen molar-refractivity contribution in [2.75, 3.05) is 23.0 Å². The Labute approximate surface area is 135 Å². The second-order valence-corrected chi connectivity index (χ2v) is 6.55. The first-order chi connectivity index (χ1) is 10.7. The molecule has 0 aliphatic carbocycles. The maximum atomic E-state index is 12.2. The molecular weight excluding hydrogens is 320 g/mol. The Bertz CT molecular complexity index is 673. The molecule has 1 aliphatic heterocycles. The van der Waals surface area contributed by atoms with E-state index in [9.17, 15) is 9.59 Å². The molecule has 1 saturated heterocycles. The van der Waals surface area contributed by atoms with Crippen molar-refractivity contribution in [2.45, 2.75) is 11.3 Å². The maximum Gasteiger partial charge on any atom is 0.231 e. The third-order valence-electron chi connectivity index (χ3n) is 3.47. The fraction of sp³-hybridized carbons (Fsp3) is 0.286. The van der Waals surface area contributed by atoms with Crippen LogP contribution in [-0.4, -0.2) is 34.8 Å². The smallest absolute Gasteiger partial charge is 0.231 e. The predicted molar refractivity (Wildman–Crippen MR) is 87.2 cm³/mol. The molecule has 1 aromatic carbocycles. The van der Waals surface area contributed by atoms with E-state index in [0.29, 0.717) is 11.7 Å². The van der Waals surface area contributed by atoms with Crippen molar-refractivity contribution in [3.8, 4) is 0 Å². The molecule has 0 saturated carbocycles. The Morgan fingerprint density at radius 1 is 1.41 bits per heavy atom. The second kappa shape index (κ2) is 6.45. The van der Waals surface area contributed by atoms with Crippen LogP contribution in [0.1, 0.15) is 6.42 Å². The van der Waals surface area contributed by atoms with E-state index >= 15 is 0 Å². The van der Waals surface area contributed by atoms with Crippen LogP contribution in [0.15, 0.2) is 34.7 Å². The van der Waals surface area contributed by atoms with Crippen LogP contribution >= 0.6 is 23.1 Å². The minimum atomic E-state index is -0.364. The number of amides is 2. The quantitative estimate of drug-likeness (QED) is 0.868. The molecule has 1 aliphatic rings. The van der Waals surface area contributed by atoms with Crippen LogP contribution in [0.5, 0.6) is 0 Å². The largest absolute Gasteiger partial charge is 0.312 e. The molecule has 2 heterocycles. The van der Waals surface area contributed by atoms with Crippen LogP contribution in [0.3, 0.4) is 0 Å². The molecule has 1 fully saturated rings. The van der Waals surface area contributed by atoms with Gasteiger partial charge in [0, 0.05) is 23.5 Å². The zero-order chi connectivity index (χ0) is 15.5. The van der Waals surface area contributed by atoms with Crippen molar-refractivity contribution < 1.29 is 9.59 Å². The average molecular weight is 334 g/mol.